The standard InChI is InChI=1S/C27H29FN4O3/c1-8-10-19(9-2)11-12-23-14-20(21-13-22(28)17-29-16-21)15-24(30-23)31-25(33)18(3)32(7)26(34)35-27(4,5)6/h8-10,13-18H,1-2H2,3-7H3,(H,30,31,33)/b19-10+. The quantitative estimate of drug-likeness (QED) is 0.462. The van der Waals surface area contributed by atoms with Crippen molar-refractivity contribution in [2.75, 3.05) is 12.4 Å². The summed E-state index contributed by atoms with van der Waals surface area (Å²) < 4.78 is 19.1. The number of anilines is 1. The number of hydrogen-bond donors (Lipinski definition) is 1. The Hall–Kier alpha value is -4.25. The summed E-state index contributed by atoms with van der Waals surface area (Å²) >= 11 is 0. The summed E-state index contributed by atoms with van der Waals surface area (Å²) in [6.07, 6.45) is 6.81. The van der Waals surface area contributed by atoms with Gasteiger partial charge in [0.25, 0.3) is 0 Å². The zero-order chi connectivity index (χ0) is 26.2. The normalized spacial score (nSPS) is 12.0. The second kappa shape index (κ2) is 11.7. The molecule has 0 saturated heterocycles. The highest BCUT2D eigenvalue weighted by atomic mass is 19.1. The predicted octanol–water partition coefficient (Wildman–Crippen LogP) is 5.13. The van der Waals surface area contributed by atoms with E-state index in [1.165, 1.54) is 24.2 Å². The molecule has 35 heavy (non-hydrogen) atoms. The molecule has 0 aliphatic carbocycles. The molecule has 1 N–H and O–H groups in total. The molecular formula is C27H29FN4O3. The van der Waals surface area contributed by atoms with Crippen molar-refractivity contribution < 1.29 is 18.7 Å². The van der Waals surface area contributed by atoms with Gasteiger partial charge in [0.15, 0.2) is 0 Å². The van der Waals surface area contributed by atoms with Crippen molar-refractivity contribution in [1.82, 2.24) is 14.9 Å². The summed E-state index contributed by atoms with van der Waals surface area (Å²) in [6, 6.07) is 3.69. The van der Waals surface area contributed by atoms with E-state index < -0.39 is 29.5 Å². The van der Waals surface area contributed by atoms with Gasteiger partial charge in [-0.25, -0.2) is 14.2 Å². The van der Waals surface area contributed by atoms with Gasteiger partial charge in [0.2, 0.25) is 5.91 Å². The minimum absolute atomic E-state index is 0.179. The van der Waals surface area contributed by atoms with E-state index in [2.05, 4.69) is 40.3 Å². The van der Waals surface area contributed by atoms with Crippen LogP contribution in [0.5, 0.6) is 0 Å². The first kappa shape index (κ1) is 27.0. The van der Waals surface area contributed by atoms with E-state index >= 15 is 0 Å². The lowest BCUT2D eigenvalue weighted by atomic mass is 10.1. The van der Waals surface area contributed by atoms with Gasteiger partial charge in [-0.05, 0) is 63.5 Å². The first-order valence-electron chi connectivity index (χ1n) is 10.8. The molecule has 1 atom stereocenters. The smallest absolute Gasteiger partial charge is 0.410 e. The number of allylic oxidation sites excluding steroid dienone is 4. The van der Waals surface area contributed by atoms with Crippen molar-refractivity contribution in [2.45, 2.75) is 39.3 Å². The fourth-order valence-electron chi connectivity index (χ4n) is 2.72. The summed E-state index contributed by atoms with van der Waals surface area (Å²) in [5.41, 5.74) is 1.28. The Morgan fingerprint density at radius 1 is 1.20 bits per heavy atom. The molecule has 2 aromatic rings. The van der Waals surface area contributed by atoms with Crippen LogP contribution < -0.4 is 5.32 Å². The number of aromatic nitrogens is 2. The molecule has 7 nitrogen and oxygen atoms in total. The van der Waals surface area contributed by atoms with Crippen molar-refractivity contribution in [2.24, 2.45) is 0 Å². The van der Waals surface area contributed by atoms with Crippen LogP contribution in [0, 0.1) is 17.7 Å². The van der Waals surface area contributed by atoms with Gasteiger partial charge >= 0.3 is 6.09 Å². The monoisotopic (exact) mass is 476 g/mol. The van der Waals surface area contributed by atoms with Gasteiger partial charge in [-0.15, -0.1) is 0 Å². The molecule has 8 heteroatoms. The summed E-state index contributed by atoms with van der Waals surface area (Å²) in [4.78, 5) is 34.7. The molecule has 1 unspecified atom stereocenters. The average Bonchev–Trinajstić information content (AvgIpc) is 2.79. The number of rotatable bonds is 6. The molecule has 2 heterocycles. The predicted molar refractivity (Wildman–Crippen MR) is 135 cm³/mol. The molecule has 0 aromatic carbocycles. The van der Waals surface area contributed by atoms with E-state index in [4.69, 9.17) is 4.74 Å². The van der Waals surface area contributed by atoms with Crippen LogP contribution in [-0.2, 0) is 9.53 Å². The first-order chi connectivity index (χ1) is 16.4. The van der Waals surface area contributed by atoms with Crippen molar-refractivity contribution >= 4 is 17.8 Å². The Balaban J connectivity index is 2.40. The molecule has 0 saturated carbocycles. The van der Waals surface area contributed by atoms with Gasteiger partial charge in [-0.2, -0.15) is 0 Å². The Bertz CT molecular complexity index is 1220. The highest BCUT2D eigenvalue weighted by molar-refractivity contribution is 5.96. The van der Waals surface area contributed by atoms with Gasteiger partial charge in [0.1, 0.15) is 29.0 Å². The number of nitrogens with one attached hydrogen (secondary N) is 1. The van der Waals surface area contributed by atoms with Crippen LogP contribution in [0.15, 0.2) is 67.6 Å². The fraction of sp³-hybridized carbons (Fsp3) is 0.259. The number of nitrogens with zero attached hydrogens (tertiary/aromatic N) is 3. The minimum Gasteiger partial charge on any atom is -0.444 e. The van der Waals surface area contributed by atoms with Crippen molar-refractivity contribution in [1.29, 1.82) is 0 Å². The number of ether oxygens (including phenoxy) is 1. The molecule has 182 valence electrons. The van der Waals surface area contributed by atoms with E-state index in [0.717, 1.165) is 6.20 Å². The topological polar surface area (TPSA) is 84.4 Å². The van der Waals surface area contributed by atoms with Gasteiger partial charge in [-0.3, -0.25) is 14.7 Å². The zero-order valence-corrected chi connectivity index (χ0v) is 20.6. The largest absolute Gasteiger partial charge is 0.444 e. The highest BCUT2D eigenvalue weighted by Gasteiger charge is 2.27. The van der Waals surface area contributed by atoms with E-state index in [9.17, 15) is 14.0 Å². The maximum absolute atomic E-state index is 13.8. The van der Waals surface area contributed by atoms with Crippen molar-refractivity contribution in [3.63, 3.8) is 0 Å². The lowest BCUT2D eigenvalue weighted by molar-refractivity contribution is -0.120. The lowest BCUT2D eigenvalue weighted by Crippen LogP contribution is -2.45. The van der Waals surface area contributed by atoms with Gasteiger partial charge in [0, 0.05) is 24.4 Å². The summed E-state index contributed by atoms with van der Waals surface area (Å²) in [5.74, 6) is 5.02. The molecular weight excluding hydrogens is 447 g/mol. The maximum Gasteiger partial charge on any atom is 0.410 e. The van der Waals surface area contributed by atoms with Gasteiger partial charge in [-0.1, -0.05) is 31.2 Å². The lowest BCUT2D eigenvalue weighted by Gasteiger charge is -2.28. The van der Waals surface area contributed by atoms with E-state index in [0.29, 0.717) is 22.4 Å². The second-order valence-corrected chi connectivity index (χ2v) is 8.59. The van der Waals surface area contributed by atoms with E-state index in [1.807, 2.05) is 0 Å². The summed E-state index contributed by atoms with van der Waals surface area (Å²) in [6.45, 7) is 14.1. The first-order valence-corrected chi connectivity index (χ1v) is 10.8. The zero-order valence-electron chi connectivity index (χ0n) is 20.6. The summed E-state index contributed by atoms with van der Waals surface area (Å²) in [5, 5.41) is 2.70. The molecule has 0 fully saturated rings. The van der Waals surface area contributed by atoms with Gasteiger partial charge in [0.05, 0.1) is 6.20 Å². The van der Waals surface area contributed by atoms with E-state index in [-0.39, 0.29) is 5.82 Å². The van der Waals surface area contributed by atoms with Crippen LogP contribution in [0.2, 0.25) is 0 Å². The third-order valence-electron chi connectivity index (χ3n) is 4.61. The van der Waals surface area contributed by atoms with Crippen LogP contribution >= 0.6 is 0 Å². The van der Waals surface area contributed by atoms with Crippen LogP contribution in [0.4, 0.5) is 15.0 Å². The van der Waals surface area contributed by atoms with Crippen molar-refractivity contribution in [3.05, 3.63) is 79.1 Å². The number of halogens is 1. The average molecular weight is 477 g/mol. The van der Waals surface area contributed by atoms with Crippen LogP contribution in [0.1, 0.15) is 33.4 Å². The Labute approximate surface area is 205 Å². The SMILES string of the molecule is C=C/C=C(/C#Cc1cc(-c2cncc(F)c2)cc(NC(=O)C(C)N(C)C(=O)OC(C)(C)C)n1)C=C. The molecule has 0 bridgehead atoms. The number of pyridine rings is 2. The van der Waals surface area contributed by atoms with Gasteiger partial charge < -0.3 is 10.1 Å². The molecule has 0 aliphatic heterocycles. The highest BCUT2D eigenvalue weighted by Crippen LogP contribution is 2.23. The Kier molecular flexibility index (Phi) is 9.06. The van der Waals surface area contributed by atoms with Crippen molar-refractivity contribution in [3.8, 4) is 23.0 Å². The third-order valence-corrected chi connectivity index (χ3v) is 4.61. The third kappa shape index (κ3) is 8.23. The van der Waals surface area contributed by atoms with E-state index in [1.54, 1.807) is 58.1 Å². The summed E-state index contributed by atoms with van der Waals surface area (Å²) in [7, 11) is 1.47. The molecule has 2 rings (SSSR count). The Morgan fingerprint density at radius 3 is 2.51 bits per heavy atom. The number of carbonyl (C=O) groups excluding carboxylic acids is 2. The molecule has 2 aromatic heterocycles. The number of hydrogen-bond acceptors (Lipinski definition) is 5. The molecule has 0 spiro atoms. The minimum atomic E-state index is -0.858. The molecule has 2 amide bonds. The van der Waals surface area contributed by atoms with Crippen LogP contribution in [0.3, 0.4) is 0 Å². The van der Waals surface area contributed by atoms with Crippen LogP contribution in [-0.4, -0.2) is 45.6 Å². The molecule has 0 radical (unpaired) electrons. The Morgan fingerprint density at radius 2 is 1.91 bits per heavy atom. The number of amides is 2. The maximum atomic E-state index is 13.8. The number of carbonyl (C=O) groups is 2. The number of likely N-dealkylation sites (N-methyl/N-ethyl adjacent to an activating group) is 1. The second-order valence-electron chi connectivity index (χ2n) is 8.59. The molecule has 0 aliphatic rings. The fourth-order valence-corrected chi connectivity index (χ4v) is 2.72. The van der Waals surface area contributed by atoms with Crippen LogP contribution in [0.25, 0.3) is 11.1 Å².